The smallest absolute Gasteiger partial charge is 0.270 e. The van der Waals surface area contributed by atoms with Crippen LogP contribution in [0.2, 0.25) is 0 Å². The summed E-state index contributed by atoms with van der Waals surface area (Å²) in [7, 11) is 0. The van der Waals surface area contributed by atoms with E-state index < -0.39 is 10.8 Å². The van der Waals surface area contributed by atoms with Crippen LogP contribution >= 0.6 is 0 Å². The van der Waals surface area contributed by atoms with Crippen molar-refractivity contribution < 1.29 is 19.2 Å². The number of aldehydes is 1. The molecule has 0 aliphatic heterocycles. The van der Waals surface area contributed by atoms with Gasteiger partial charge in [0, 0.05) is 17.8 Å². The minimum atomic E-state index is -0.608. The fourth-order valence-electron chi connectivity index (χ4n) is 2.26. The van der Waals surface area contributed by atoms with E-state index in [1.165, 1.54) is 12.1 Å². The summed E-state index contributed by atoms with van der Waals surface area (Å²) in [6.07, 6.45) is 0.449. The van der Waals surface area contributed by atoms with Gasteiger partial charge in [-0.2, -0.15) is 0 Å². The van der Waals surface area contributed by atoms with E-state index in [1.54, 1.807) is 0 Å². The van der Waals surface area contributed by atoms with Gasteiger partial charge in [0.2, 0.25) is 0 Å². The molecule has 0 aliphatic rings. The first kappa shape index (κ1) is 17.1. The molecule has 1 N–H and O–H groups in total. The number of nitro groups is 1. The van der Waals surface area contributed by atoms with Gasteiger partial charge < -0.3 is 10.1 Å². The van der Waals surface area contributed by atoms with Crippen molar-refractivity contribution in [3.8, 4) is 5.75 Å². The van der Waals surface area contributed by atoms with Crippen LogP contribution in [0, 0.1) is 24.0 Å². The van der Waals surface area contributed by atoms with Crippen molar-refractivity contribution in [2.75, 3.05) is 11.9 Å². The van der Waals surface area contributed by atoms with Gasteiger partial charge in [-0.3, -0.25) is 19.7 Å². The number of ether oxygens (including phenoxy) is 1. The fraction of sp³-hybridized carbons (Fsp3) is 0.176. The lowest BCUT2D eigenvalue weighted by atomic mass is 10.1. The average molecular weight is 328 g/mol. The largest absolute Gasteiger partial charge is 0.483 e. The zero-order valence-corrected chi connectivity index (χ0v) is 13.2. The number of nitrogens with one attached hydrogen (secondary N) is 1. The number of hydrogen-bond acceptors (Lipinski definition) is 5. The first-order chi connectivity index (χ1) is 11.4. The normalized spacial score (nSPS) is 10.1. The highest BCUT2D eigenvalue weighted by atomic mass is 16.6. The lowest BCUT2D eigenvalue weighted by Crippen LogP contribution is -2.20. The Hall–Kier alpha value is -3.22. The number of nitrogens with zero attached hydrogens (tertiary/aromatic N) is 1. The molecule has 24 heavy (non-hydrogen) atoms. The molecule has 0 bridgehead atoms. The van der Waals surface area contributed by atoms with E-state index in [0.717, 1.165) is 17.2 Å². The number of rotatable bonds is 6. The van der Waals surface area contributed by atoms with Crippen molar-refractivity contribution in [3.63, 3.8) is 0 Å². The highest BCUT2D eigenvalue weighted by molar-refractivity contribution is 5.92. The van der Waals surface area contributed by atoms with E-state index in [2.05, 4.69) is 5.32 Å². The molecule has 124 valence electrons. The van der Waals surface area contributed by atoms with Crippen molar-refractivity contribution >= 4 is 23.6 Å². The Balaban J connectivity index is 2.03. The molecule has 0 unspecified atom stereocenters. The minimum Gasteiger partial charge on any atom is -0.483 e. The summed E-state index contributed by atoms with van der Waals surface area (Å²) in [5.74, 6) is -0.277. The summed E-state index contributed by atoms with van der Waals surface area (Å²) >= 11 is 0. The lowest BCUT2D eigenvalue weighted by Gasteiger charge is -2.10. The second-order valence-electron chi connectivity index (χ2n) is 5.31. The molecule has 0 saturated carbocycles. The van der Waals surface area contributed by atoms with Crippen molar-refractivity contribution in [2.45, 2.75) is 13.8 Å². The molecule has 0 atom stereocenters. The van der Waals surface area contributed by atoms with Crippen LogP contribution in [-0.4, -0.2) is 23.7 Å². The minimum absolute atomic E-state index is 0.0170. The van der Waals surface area contributed by atoms with Gasteiger partial charge in [-0.15, -0.1) is 0 Å². The van der Waals surface area contributed by atoms with Crippen LogP contribution in [0.4, 0.5) is 11.4 Å². The molecule has 7 nitrogen and oxygen atoms in total. The van der Waals surface area contributed by atoms with Crippen molar-refractivity contribution in [1.82, 2.24) is 0 Å². The quantitative estimate of drug-likeness (QED) is 0.499. The fourth-order valence-corrected chi connectivity index (χ4v) is 2.26. The summed E-state index contributed by atoms with van der Waals surface area (Å²) in [6, 6.07) is 9.25. The summed E-state index contributed by atoms with van der Waals surface area (Å²) in [5, 5.41) is 13.4. The number of carbonyl (C=O) groups excluding carboxylic acids is 2. The van der Waals surface area contributed by atoms with Gasteiger partial charge >= 0.3 is 0 Å². The topological polar surface area (TPSA) is 98.5 Å². The number of anilines is 1. The molecule has 0 spiro atoms. The van der Waals surface area contributed by atoms with E-state index in [9.17, 15) is 19.7 Å². The molecule has 2 aromatic carbocycles. The van der Waals surface area contributed by atoms with Gasteiger partial charge in [-0.1, -0.05) is 6.07 Å². The molecule has 0 radical (unpaired) electrons. The third-order valence-electron chi connectivity index (χ3n) is 3.20. The van der Waals surface area contributed by atoms with Gasteiger partial charge in [-0.05, 0) is 43.2 Å². The predicted octanol–water partition coefficient (Wildman–Crippen LogP) is 3.04. The number of aryl methyl sites for hydroxylation is 2. The SMILES string of the molecule is Cc1cc(C)cc(NC(=O)COc2ccc([N+](=O)[O-])cc2C=O)c1. The molecule has 0 heterocycles. The van der Waals surface area contributed by atoms with Gasteiger partial charge in [-0.25, -0.2) is 0 Å². The lowest BCUT2D eigenvalue weighted by molar-refractivity contribution is -0.384. The number of hydrogen-bond donors (Lipinski definition) is 1. The van der Waals surface area contributed by atoms with Crippen LogP contribution in [0.25, 0.3) is 0 Å². The maximum Gasteiger partial charge on any atom is 0.270 e. The molecule has 2 aromatic rings. The number of amides is 1. The number of benzene rings is 2. The van der Waals surface area contributed by atoms with E-state index in [1.807, 2.05) is 32.0 Å². The molecule has 0 aliphatic carbocycles. The Morgan fingerprint density at radius 1 is 1.21 bits per heavy atom. The third-order valence-corrected chi connectivity index (χ3v) is 3.20. The summed E-state index contributed by atoms with van der Waals surface area (Å²) < 4.78 is 5.29. The molecule has 0 saturated heterocycles. The first-order valence-corrected chi connectivity index (χ1v) is 7.13. The average Bonchev–Trinajstić information content (AvgIpc) is 2.51. The Morgan fingerprint density at radius 2 is 1.88 bits per heavy atom. The van der Waals surface area contributed by atoms with Crippen LogP contribution in [0.15, 0.2) is 36.4 Å². The van der Waals surface area contributed by atoms with Gasteiger partial charge in [0.05, 0.1) is 10.5 Å². The Bertz CT molecular complexity index is 781. The zero-order valence-electron chi connectivity index (χ0n) is 13.2. The summed E-state index contributed by atoms with van der Waals surface area (Å²) in [6.45, 7) is 3.53. The van der Waals surface area contributed by atoms with E-state index in [4.69, 9.17) is 4.74 Å². The molecular formula is C17H16N2O5. The van der Waals surface area contributed by atoms with Crippen LogP contribution in [0.5, 0.6) is 5.75 Å². The Morgan fingerprint density at radius 3 is 2.46 bits per heavy atom. The number of nitro benzene ring substituents is 1. The zero-order chi connectivity index (χ0) is 17.7. The Kier molecular flexibility index (Phi) is 5.26. The van der Waals surface area contributed by atoms with E-state index in [0.29, 0.717) is 12.0 Å². The summed E-state index contributed by atoms with van der Waals surface area (Å²) in [5.41, 5.74) is 2.49. The maximum atomic E-state index is 12.0. The van der Waals surface area contributed by atoms with E-state index >= 15 is 0 Å². The number of non-ortho nitro benzene ring substituents is 1. The molecule has 0 aromatic heterocycles. The van der Waals surface area contributed by atoms with Crippen LogP contribution in [-0.2, 0) is 4.79 Å². The van der Waals surface area contributed by atoms with Crippen LogP contribution in [0.3, 0.4) is 0 Å². The van der Waals surface area contributed by atoms with E-state index in [-0.39, 0.29) is 23.6 Å². The van der Waals surface area contributed by atoms with Crippen LogP contribution < -0.4 is 10.1 Å². The van der Waals surface area contributed by atoms with Gasteiger partial charge in [0.15, 0.2) is 12.9 Å². The molecule has 0 fully saturated rings. The standard InChI is InChI=1S/C17H16N2O5/c1-11-5-12(2)7-14(6-11)18-17(21)10-24-16-4-3-15(19(22)23)8-13(16)9-20/h3-9H,10H2,1-2H3,(H,18,21). The third kappa shape index (κ3) is 4.39. The second kappa shape index (κ2) is 7.36. The van der Waals surface area contributed by atoms with Crippen molar-refractivity contribution in [2.24, 2.45) is 0 Å². The molecule has 1 amide bonds. The highest BCUT2D eigenvalue weighted by Crippen LogP contribution is 2.22. The Labute approximate surface area is 138 Å². The second-order valence-corrected chi connectivity index (χ2v) is 5.31. The monoisotopic (exact) mass is 328 g/mol. The first-order valence-electron chi connectivity index (χ1n) is 7.13. The molecular weight excluding hydrogens is 312 g/mol. The van der Waals surface area contributed by atoms with Crippen molar-refractivity contribution in [1.29, 1.82) is 0 Å². The molecule has 7 heteroatoms. The predicted molar refractivity (Wildman–Crippen MR) is 88.5 cm³/mol. The number of carbonyl (C=O) groups is 2. The van der Waals surface area contributed by atoms with Gasteiger partial charge in [0.1, 0.15) is 5.75 Å². The highest BCUT2D eigenvalue weighted by Gasteiger charge is 2.12. The van der Waals surface area contributed by atoms with Crippen molar-refractivity contribution in [3.05, 3.63) is 63.2 Å². The van der Waals surface area contributed by atoms with Gasteiger partial charge in [0.25, 0.3) is 11.6 Å². The van der Waals surface area contributed by atoms with Crippen LogP contribution in [0.1, 0.15) is 21.5 Å². The summed E-state index contributed by atoms with van der Waals surface area (Å²) in [4.78, 5) is 33.0. The maximum absolute atomic E-state index is 12.0. The molecule has 2 rings (SSSR count).